The van der Waals surface area contributed by atoms with Gasteiger partial charge in [-0.25, -0.2) is 0 Å². The zero-order chi connectivity index (χ0) is 7.91. The molecule has 0 heterocycles. The van der Waals surface area contributed by atoms with E-state index in [-0.39, 0.29) is 5.54 Å². The van der Waals surface area contributed by atoms with Gasteiger partial charge in [0.15, 0.2) is 0 Å². The molecule has 3 rings (SSSR count). The van der Waals surface area contributed by atoms with E-state index in [0.717, 1.165) is 11.3 Å². The van der Waals surface area contributed by atoms with Crippen molar-refractivity contribution in [2.45, 2.75) is 45.1 Å². The van der Waals surface area contributed by atoms with Gasteiger partial charge in [-0.15, -0.1) is 0 Å². The number of fused-ring (bicyclic) bond motifs is 1. The standard InChI is InChI=1S/C10H17N/c1-8-4-3-5-10(8)6-9(2,11)7(8)10/h7H,3-6,11H2,1-2H3/t7-,8?,9-,10?/m1/s1. The van der Waals surface area contributed by atoms with Crippen LogP contribution in [0.15, 0.2) is 0 Å². The van der Waals surface area contributed by atoms with Crippen LogP contribution < -0.4 is 5.73 Å². The van der Waals surface area contributed by atoms with Gasteiger partial charge in [-0.1, -0.05) is 13.3 Å². The van der Waals surface area contributed by atoms with Gasteiger partial charge in [-0.05, 0) is 42.9 Å². The van der Waals surface area contributed by atoms with E-state index < -0.39 is 0 Å². The lowest BCUT2D eigenvalue weighted by Gasteiger charge is -2.41. The van der Waals surface area contributed by atoms with E-state index in [1.54, 1.807) is 0 Å². The number of hydrogen-bond acceptors (Lipinski definition) is 1. The van der Waals surface area contributed by atoms with Gasteiger partial charge >= 0.3 is 0 Å². The van der Waals surface area contributed by atoms with Crippen LogP contribution >= 0.6 is 0 Å². The third kappa shape index (κ3) is 0.416. The lowest BCUT2D eigenvalue weighted by atomic mass is 9.68. The molecule has 2 unspecified atom stereocenters. The largest absolute Gasteiger partial charge is 0.325 e. The first-order valence-corrected chi connectivity index (χ1v) is 4.82. The predicted octanol–water partition coefficient (Wildman–Crippen LogP) is 1.91. The first-order valence-electron chi connectivity index (χ1n) is 4.82. The third-order valence-electron chi connectivity index (χ3n) is 4.92. The molecule has 3 aliphatic rings. The van der Waals surface area contributed by atoms with Crippen molar-refractivity contribution in [1.82, 2.24) is 0 Å². The van der Waals surface area contributed by atoms with E-state index in [1.807, 2.05) is 0 Å². The highest BCUT2D eigenvalue weighted by molar-refractivity contribution is 5.36. The molecule has 0 amide bonds. The Morgan fingerprint density at radius 2 is 2.00 bits per heavy atom. The average molecular weight is 151 g/mol. The molecule has 2 N–H and O–H groups in total. The monoisotopic (exact) mass is 151 g/mol. The van der Waals surface area contributed by atoms with Crippen molar-refractivity contribution in [1.29, 1.82) is 0 Å². The maximum atomic E-state index is 6.18. The molecule has 0 aromatic rings. The van der Waals surface area contributed by atoms with Crippen molar-refractivity contribution >= 4 is 0 Å². The topological polar surface area (TPSA) is 26.0 Å². The van der Waals surface area contributed by atoms with Crippen LogP contribution in [0.4, 0.5) is 0 Å². The maximum Gasteiger partial charge on any atom is 0.0170 e. The second-order valence-corrected chi connectivity index (χ2v) is 5.54. The summed E-state index contributed by atoms with van der Waals surface area (Å²) < 4.78 is 0. The molecule has 62 valence electrons. The molecule has 1 nitrogen and oxygen atoms in total. The van der Waals surface area contributed by atoms with Gasteiger partial charge in [0, 0.05) is 5.54 Å². The molecule has 3 aliphatic carbocycles. The fourth-order valence-electron chi connectivity index (χ4n) is 4.84. The van der Waals surface area contributed by atoms with E-state index in [4.69, 9.17) is 5.73 Å². The van der Waals surface area contributed by atoms with Crippen LogP contribution in [0, 0.1) is 16.7 Å². The Morgan fingerprint density at radius 3 is 2.45 bits per heavy atom. The summed E-state index contributed by atoms with van der Waals surface area (Å²) in [5, 5.41) is 0. The molecule has 0 radical (unpaired) electrons. The van der Waals surface area contributed by atoms with Crippen LogP contribution in [-0.2, 0) is 0 Å². The van der Waals surface area contributed by atoms with Crippen molar-refractivity contribution in [3.05, 3.63) is 0 Å². The van der Waals surface area contributed by atoms with Crippen LogP contribution in [0.2, 0.25) is 0 Å². The van der Waals surface area contributed by atoms with Crippen LogP contribution in [0.1, 0.15) is 39.5 Å². The van der Waals surface area contributed by atoms with Gasteiger partial charge in [-0.2, -0.15) is 0 Å². The van der Waals surface area contributed by atoms with E-state index in [2.05, 4.69) is 13.8 Å². The molecule has 0 bridgehead atoms. The summed E-state index contributed by atoms with van der Waals surface area (Å²) in [5.74, 6) is 0.885. The summed E-state index contributed by atoms with van der Waals surface area (Å²) in [6, 6.07) is 0. The fraction of sp³-hybridized carbons (Fsp3) is 1.00. The highest BCUT2D eigenvalue weighted by atomic mass is 15.0. The van der Waals surface area contributed by atoms with Gasteiger partial charge in [0.2, 0.25) is 0 Å². The van der Waals surface area contributed by atoms with Gasteiger partial charge < -0.3 is 5.73 Å². The number of rotatable bonds is 0. The molecule has 0 aromatic carbocycles. The van der Waals surface area contributed by atoms with E-state index in [9.17, 15) is 0 Å². The molecule has 1 spiro atoms. The molecule has 3 saturated carbocycles. The van der Waals surface area contributed by atoms with Crippen LogP contribution in [0.5, 0.6) is 0 Å². The van der Waals surface area contributed by atoms with E-state index >= 15 is 0 Å². The Morgan fingerprint density at radius 1 is 1.27 bits per heavy atom. The molecule has 0 aromatic heterocycles. The molecular formula is C10H17N. The minimum Gasteiger partial charge on any atom is -0.325 e. The summed E-state index contributed by atoms with van der Waals surface area (Å²) in [4.78, 5) is 0. The molecule has 4 atom stereocenters. The summed E-state index contributed by atoms with van der Waals surface area (Å²) in [6.07, 6.45) is 5.69. The van der Waals surface area contributed by atoms with Gasteiger partial charge in [0.05, 0.1) is 0 Å². The van der Waals surface area contributed by atoms with Gasteiger partial charge in [-0.3, -0.25) is 0 Å². The lowest BCUT2D eigenvalue weighted by molar-refractivity contribution is 0.144. The van der Waals surface area contributed by atoms with Crippen molar-refractivity contribution in [3.63, 3.8) is 0 Å². The summed E-state index contributed by atoms with van der Waals surface area (Å²) in [5.41, 5.74) is 7.80. The second kappa shape index (κ2) is 1.28. The number of nitrogens with two attached hydrogens (primary N) is 1. The zero-order valence-corrected chi connectivity index (χ0v) is 7.48. The minimum atomic E-state index is 0.204. The van der Waals surface area contributed by atoms with Crippen LogP contribution in [0.25, 0.3) is 0 Å². The molecule has 0 saturated heterocycles. The zero-order valence-electron chi connectivity index (χ0n) is 7.48. The summed E-state index contributed by atoms with van der Waals surface area (Å²) in [7, 11) is 0. The quantitative estimate of drug-likeness (QED) is 0.562. The molecule has 0 aliphatic heterocycles. The normalized spacial score (nSPS) is 71.7. The average Bonchev–Trinajstić information content (AvgIpc) is 2.04. The van der Waals surface area contributed by atoms with Crippen LogP contribution in [0.3, 0.4) is 0 Å². The summed E-state index contributed by atoms with van der Waals surface area (Å²) in [6.45, 7) is 4.70. The molecular weight excluding hydrogens is 134 g/mol. The lowest BCUT2D eigenvalue weighted by Crippen LogP contribution is -2.51. The molecule has 1 heteroatoms. The molecule has 11 heavy (non-hydrogen) atoms. The Labute approximate surface area is 68.3 Å². The fourth-order valence-corrected chi connectivity index (χ4v) is 4.84. The highest BCUT2D eigenvalue weighted by Gasteiger charge is 2.86. The van der Waals surface area contributed by atoms with Gasteiger partial charge in [0.25, 0.3) is 0 Å². The smallest absolute Gasteiger partial charge is 0.0170 e. The van der Waals surface area contributed by atoms with Gasteiger partial charge in [0.1, 0.15) is 0 Å². The predicted molar refractivity (Wildman–Crippen MR) is 45.1 cm³/mol. The van der Waals surface area contributed by atoms with Crippen molar-refractivity contribution in [2.75, 3.05) is 0 Å². The Kier molecular flexibility index (Phi) is 0.755. The first-order chi connectivity index (χ1) is 5.03. The number of hydrogen-bond donors (Lipinski definition) is 1. The highest BCUT2D eigenvalue weighted by Crippen LogP contribution is 2.89. The van der Waals surface area contributed by atoms with Crippen LogP contribution in [-0.4, -0.2) is 5.54 Å². The van der Waals surface area contributed by atoms with Crippen molar-refractivity contribution < 1.29 is 0 Å². The van der Waals surface area contributed by atoms with Crippen molar-refractivity contribution in [2.24, 2.45) is 22.5 Å². The SMILES string of the molecule is CC12CCCC13C[C@@](C)(N)[C@@H]23. The van der Waals surface area contributed by atoms with Crippen molar-refractivity contribution in [3.8, 4) is 0 Å². The Hall–Kier alpha value is -0.0400. The second-order valence-electron chi connectivity index (χ2n) is 5.54. The maximum absolute atomic E-state index is 6.18. The third-order valence-corrected chi connectivity index (χ3v) is 4.92. The van der Waals surface area contributed by atoms with E-state index in [0.29, 0.717) is 5.41 Å². The minimum absolute atomic E-state index is 0.204. The molecule has 3 fully saturated rings. The Balaban J connectivity index is 2.00. The first kappa shape index (κ1) is 6.47. The van der Waals surface area contributed by atoms with E-state index in [1.165, 1.54) is 25.7 Å². The summed E-state index contributed by atoms with van der Waals surface area (Å²) >= 11 is 0. The Bertz CT molecular complexity index is 223.